The molecule has 17 heavy (non-hydrogen) atoms. The first kappa shape index (κ1) is 13.9. The number of hydrogen-bond acceptors (Lipinski definition) is 4. The number of carbonyl (C=O) groups is 1. The Morgan fingerprint density at radius 2 is 2.18 bits per heavy atom. The minimum atomic E-state index is -3.75. The summed E-state index contributed by atoms with van der Waals surface area (Å²) < 4.78 is 33.9. The fourth-order valence-electron chi connectivity index (χ4n) is 0.901. The van der Waals surface area contributed by atoms with Crippen molar-refractivity contribution in [1.29, 1.82) is 0 Å². The number of nitrogens with one attached hydrogen (secondary N) is 1. The zero-order chi connectivity index (χ0) is 13.2. The van der Waals surface area contributed by atoms with Crippen molar-refractivity contribution in [3.63, 3.8) is 0 Å². The Kier molecular flexibility index (Phi) is 4.10. The van der Waals surface area contributed by atoms with Gasteiger partial charge in [-0.1, -0.05) is 0 Å². The molecule has 0 saturated carbocycles. The van der Waals surface area contributed by atoms with Crippen molar-refractivity contribution in [3.8, 4) is 5.75 Å². The molecule has 0 fully saturated rings. The lowest BCUT2D eigenvalue weighted by Gasteiger charge is -2.10. The van der Waals surface area contributed by atoms with Crippen LogP contribution >= 0.6 is 27.5 Å². The average Bonchev–Trinajstić information content (AvgIpc) is 2.21. The predicted molar refractivity (Wildman–Crippen MR) is 57.5 cm³/mol. The molecule has 1 aromatic rings. The van der Waals surface area contributed by atoms with E-state index in [1.807, 2.05) is 0 Å². The third kappa shape index (κ3) is 3.40. The first-order valence-electron chi connectivity index (χ1n) is 4.01. The maximum absolute atomic E-state index is 12.8. The lowest BCUT2D eigenvalue weighted by Crippen LogP contribution is -2.20. The highest BCUT2D eigenvalue weighted by Crippen LogP contribution is 2.35. The van der Waals surface area contributed by atoms with Crippen LogP contribution in [0.2, 0.25) is 0 Å². The molecular weight excluding hydrogens is 327 g/mol. The summed E-state index contributed by atoms with van der Waals surface area (Å²) in [6.07, 6.45) is -1.15. The van der Waals surface area contributed by atoms with E-state index in [2.05, 4.69) is 25.4 Å². The lowest BCUT2D eigenvalue weighted by atomic mass is 10.3. The topological polar surface area (TPSA) is 68.4 Å². The summed E-state index contributed by atoms with van der Waals surface area (Å²) in [4.78, 5) is 23.8. The Morgan fingerprint density at radius 1 is 1.59 bits per heavy atom. The fraction of sp³-hybridized carbons (Fsp3) is 0.250. The highest BCUT2D eigenvalue weighted by molar-refractivity contribution is 9.10. The van der Waals surface area contributed by atoms with E-state index in [-0.39, 0.29) is 4.47 Å². The molecule has 0 saturated heterocycles. The number of halogens is 4. The van der Waals surface area contributed by atoms with Gasteiger partial charge < -0.3 is 14.5 Å². The fourth-order valence-corrected chi connectivity index (χ4v) is 1.72. The second-order valence-electron chi connectivity index (χ2n) is 2.74. The van der Waals surface area contributed by atoms with Crippen LogP contribution in [-0.2, 0) is 10.1 Å². The molecule has 1 rings (SSSR count). The van der Waals surface area contributed by atoms with Crippen LogP contribution in [0.3, 0.4) is 0 Å². The van der Waals surface area contributed by atoms with E-state index in [0.29, 0.717) is 0 Å². The van der Waals surface area contributed by atoms with Gasteiger partial charge in [-0.05, 0) is 27.5 Å². The molecule has 0 radical (unpaired) electrons. The molecule has 0 atom stereocenters. The number of hydrogen-bond donors (Lipinski definition) is 1. The number of rotatable bonds is 2. The van der Waals surface area contributed by atoms with Crippen molar-refractivity contribution in [2.75, 3.05) is 7.11 Å². The summed E-state index contributed by atoms with van der Waals surface area (Å²) in [6.45, 7) is 0. The number of aromatic amines is 1. The summed E-state index contributed by atoms with van der Waals surface area (Å²) in [5.74, 6) is -0.492. The van der Waals surface area contributed by atoms with Crippen LogP contribution in [-0.4, -0.2) is 18.2 Å². The summed E-state index contributed by atoms with van der Waals surface area (Å²) in [7, 11) is 1.03. The molecule has 5 nitrogen and oxygen atoms in total. The van der Waals surface area contributed by atoms with E-state index < -0.39 is 28.5 Å². The van der Waals surface area contributed by atoms with Crippen molar-refractivity contribution >= 4 is 33.7 Å². The van der Waals surface area contributed by atoms with Gasteiger partial charge in [0, 0.05) is 10.5 Å². The van der Waals surface area contributed by atoms with Gasteiger partial charge in [0.05, 0.1) is 7.11 Å². The number of aromatic nitrogens is 1. The van der Waals surface area contributed by atoms with Crippen LogP contribution in [0.4, 0.5) is 13.6 Å². The van der Waals surface area contributed by atoms with Crippen molar-refractivity contribution < 1.29 is 23.0 Å². The standard InChI is InChI=1S/C8H5BrClF2NO4/c1-16-7(15)17-4-2-3(9)5(8(10,11)12)13-6(4)14/h2H,1H3,(H,13,14). The van der Waals surface area contributed by atoms with Crippen LogP contribution in [0, 0.1) is 0 Å². The minimum Gasteiger partial charge on any atom is -0.437 e. The number of ether oxygens (including phenoxy) is 2. The monoisotopic (exact) mass is 331 g/mol. The largest absolute Gasteiger partial charge is 0.513 e. The van der Waals surface area contributed by atoms with Crippen LogP contribution < -0.4 is 10.3 Å². The first-order valence-corrected chi connectivity index (χ1v) is 5.18. The van der Waals surface area contributed by atoms with E-state index in [4.69, 9.17) is 11.6 Å². The Bertz CT molecular complexity index is 499. The Hall–Kier alpha value is -1.15. The Morgan fingerprint density at radius 3 is 2.65 bits per heavy atom. The molecule has 1 N–H and O–H groups in total. The van der Waals surface area contributed by atoms with E-state index >= 15 is 0 Å². The number of methoxy groups -OCH3 is 1. The third-order valence-corrected chi connectivity index (χ3v) is 2.42. The van der Waals surface area contributed by atoms with Gasteiger partial charge in [0.15, 0.2) is 0 Å². The molecule has 0 unspecified atom stereocenters. The Labute approximate surface area is 107 Å². The van der Waals surface area contributed by atoms with Crippen molar-refractivity contribution in [3.05, 3.63) is 26.6 Å². The van der Waals surface area contributed by atoms with Gasteiger partial charge in [0.2, 0.25) is 5.75 Å². The maximum atomic E-state index is 12.8. The van der Waals surface area contributed by atoms with Gasteiger partial charge >= 0.3 is 11.5 Å². The van der Waals surface area contributed by atoms with E-state index in [1.54, 1.807) is 4.98 Å². The Balaban J connectivity index is 3.19. The summed E-state index contributed by atoms with van der Waals surface area (Å²) in [5, 5.41) is -3.75. The lowest BCUT2D eigenvalue weighted by molar-refractivity contribution is 0.0885. The highest BCUT2D eigenvalue weighted by atomic mass is 79.9. The predicted octanol–water partition coefficient (Wildman–Crippen LogP) is 2.57. The first-order chi connectivity index (χ1) is 7.75. The van der Waals surface area contributed by atoms with Crippen LogP contribution in [0.15, 0.2) is 15.3 Å². The van der Waals surface area contributed by atoms with E-state index in [1.165, 1.54) is 0 Å². The van der Waals surface area contributed by atoms with Gasteiger partial charge in [0.25, 0.3) is 5.56 Å². The summed E-state index contributed by atoms with van der Waals surface area (Å²) in [6, 6.07) is 0.890. The van der Waals surface area contributed by atoms with E-state index in [0.717, 1.165) is 13.2 Å². The van der Waals surface area contributed by atoms with E-state index in [9.17, 15) is 18.4 Å². The normalized spacial score (nSPS) is 11.1. The second kappa shape index (κ2) is 5.01. The van der Waals surface area contributed by atoms with Gasteiger partial charge in [-0.15, -0.1) is 0 Å². The number of H-pyrrole nitrogens is 1. The molecule has 0 amide bonds. The summed E-state index contributed by atoms with van der Waals surface area (Å²) >= 11 is 7.52. The van der Waals surface area contributed by atoms with Crippen LogP contribution in [0.5, 0.6) is 5.75 Å². The number of pyridine rings is 1. The zero-order valence-corrected chi connectivity index (χ0v) is 10.6. The number of carbonyl (C=O) groups excluding carboxylic acids is 1. The highest BCUT2D eigenvalue weighted by Gasteiger charge is 2.32. The molecule has 0 aromatic carbocycles. The molecule has 0 bridgehead atoms. The van der Waals surface area contributed by atoms with Gasteiger partial charge in [0.1, 0.15) is 5.69 Å². The maximum Gasteiger partial charge on any atom is 0.513 e. The molecule has 94 valence electrons. The third-order valence-electron chi connectivity index (χ3n) is 1.60. The van der Waals surface area contributed by atoms with Crippen LogP contribution in [0.1, 0.15) is 5.69 Å². The molecule has 0 aliphatic carbocycles. The molecular formula is C8H5BrClF2NO4. The van der Waals surface area contributed by atoms with Crippen molar-refractivity contribution in [2.24, 2.45) is 0 Å². The molecule has 1 heterocycles. The van der Waals surface area contributed by atoms with Crippen molar-refractivity contribution in [1.82, 2.24) is 4.98 Å². The quantitative estimate of drug-likeness (QED) is 0.667. The minimum absolute atomic E-state index is 0.212. The number of alkyl halides is 3. The molecule has 9 heteroatoms. The molecule has 1 aromatic heterocycles. The van der Waals surface area contributed by atoms with Crippen LogP contribution in [0.25, 0.3) is 0 Å². The molecule has 0 spiro atoms. The average molecular weight is 332 g/mol. The zero-order valence-electron chi connectivity index (χ0n) is 8.22. The van der Waals surface area contributed by atoms with Gasteiger partial charge in [-0.2, -0.15) is 8.78 Å². The summed E-state index contributed by atoms with van der Waals surface area (Å²) in [5.41, 5.74) is -1.87. The van der Waals surface area contributed by atoms with Crippen molar-refractivity contribution in [2.45, 2.75) is 5.38 Å². The molecule has 0 aliphatic heterocycles. The second-order valence-corrected chi connectivity index (χ2v) is 4.07. The smallest absolute Gasteiger partial charge is 0.437 e. The molecule has 0 aliphatic rings. The van der Waals surface area contributed by atoms with Gasteiger partial charge in [-0.3, -0.25) is 4.79 Å². The van der Waals surface area contributed by atoms with Gasteiger partial charge in [-0.25, -0.2) is 4.79 Å². The SMILES string of the molecule is COC(=O)Oc1cc(Br)c(C(F)(F)Cl)[nH]c1=O.